The van der Waals surface area contributed by atoms with E-state index in [2.05, 4.69) is 0 Å². The Labute approximate surface area is 146 Å². The van der Waals surface area contributed by atoms with E-state index < -0.39 is 16.0 Å². The SMILES string of the molecule is COC(=O)C(=C1c2cc(OC)ccc2S(=O)(=O)N1C)c1ccccc1. The predicted octanol–water partition coefficient (Wildman–Crippen LogP) is 2.37. The van der Waals surface area contributed by atoms with Crippen LogP contribution in [-0.2, 0) is 19.6 Å². The fraction of sp³-hybridized carbons (Fsp3) is 0.167. The van der Waals surface area contributed by atoms with Gasteiger partial charge < -0.3 is 9.47 Å². The van der Waals surface area contributed by atoms with Crippen LogP contribution in [0.3, 0.4) is 0 Å². The van der Waals surface area contributed by atoms with Gasteiger partial charge >= 0.3 is 5.97 Å². The highest BCUT2D eigenvalue weighted by Gasteiger charge is 2.39. The zero-order valence-corrected chi connectivity index (χ0v) is 14.8. The summed E-state index contributed by atoms with van der Waals surface area (Å²) in [6.45, 7) is 0. The molecular formula is C18H17NO5S. The summed E-state index contributed by atoms with van der Waals surface area (Å²) in [4.78, 5) is 12.6. The van der Waals surface area contributed by atoms with Gasteiger partial charge in [-0.3, -0.25) is 4.31 Å². The Kier molecular flexibility index (Phi) is 4.26. The Hall–Kier alpha value is -2.80. The average Bonchev–Trinajstić information content (AvgIpc) is 2.83. The summed E-state index contributed by atoms with van der Waals surface area (Å²) in [5.41, 5.74) is 1.43. The van der Waals surface area contributed by atoms with Gasteiger partial charge in [0.15, 0.2) is 0 Å². The van der Waals surface area contributed by atoms with Gasteiger partial charge in [-0.15, -0.1) is 0 Å². The number of hydrogen-bond acceptors (Lipinski definition) is 5. The lowest BCUT2D eigenvalue weighted by Crippen LogP contribution is -2.21. The van der Waals surface area contributed by atoms with Crippen molar-refractivity contribution in [2.45, 2.75) is 4.90 Å². The molecule has 2 aromatic rings. The summed E-state index contributed by atoms with van der Waals surface area (Å²) in [6.07, 6.45) is 0. The molecule has 0 atom stereocenters. The topological polar surface area (TPSA) is 72.9 Å². The maximum absolute atomic E-state index is 12.7. The highest BCUT2D eigenvalue weighted by Crippen LogP contribution is 2.43. The fourth-order valence-corrected chi connectivity index (χ4v) is 4.23. The standard InChI is InChI=1S/C18H17NO5S/c1-19-17(16(18(20)24-3)12-7-5-4-6-8-12)14-11-13(23-2)9-10-15(14)25(19,21)22/h4-11H,1-3H3. The maximum Gasteiger partial charge on any atom is 0.340 e. The van der Waals surface area contributed by atoms with Gasteiger partial charge in [0.1, 0.15) is 5.75 Å². The molecule has 0 aliphatic carbocycles. The quantitative estimate of drug-likeness (QED) is 0.621. The minimum Gasteiger partial charge on any atom is -0.497 e. The highest BCUT2D eigenvalue weighted by molar-refractivity contribution is 7.90. The molecule has 0 saturated carbocycles. The Morgan fingerprint density at radius 2 is 1.72 bits per heavy atom. The first-order valence-electron chi connectivity index (χ1n) is 7.47. The Morgan fingerprint density at radius 1 is 1.04 bits per heavy atom. The molecule has 2 aromatic carbocycles. The van der Waals surface area contributed by atoms with Crippen LogP contribution >= 0.6 is 0 Å². The highest BCUT2D eigenvalue weighted by atomic mass is 32.2. The lowest BCUT2D eigenvalue weighted by Gasteiger charge is -2.17. The van der Waals surface area contributed by atoms with E-state index in [1.54, 1.807) is 36.4 Å². The number of ether oxygens (including phenoxy) is 2. The van der Waals surface area contributed by atoms with Gasteiger partial charge in [0.25, 0.3) is 10.0 Å². The number of sulfonamides is 1. The first-order valence-corrected chi connectivity index (χ1v) is 8.91. The van der Waals surface area contributed by atoms with Gasteiger partial charge in [0.05, 0.1) is 30.4 Å². The third-order valence-electron chi connectivity index (χ3n) is 4.08. The zero-order valence-electron chi connectivity index (χ0n) is 14.0. The molecular weight excluding hydrogens is 342 g/mol. The zero-order chi connectivity index (χ0) is 18.2. The number of esters is 1. The van der Waals surface area contributed by atoms with Crippen LogP contribution < -0.4 is 4.74 Å². The molecule has 3 rings (SSSR count). The Bertz CT molecular complexity index is 964. The van der Waals surface area contributed by atoms with Crippen molar-refractivity contribution in [2.24, 2.45) is 0 Å². The summed E-state index contributed by atoms with van der Waals surface area (Å²) in [7, 11) is 0.441. The molecule has 0 fully saturated rings. The van der Waals surface area contributed by atoms with E-state index in [1.807, 2.05) is 6.07 Å². The van der Waals surface area contributed by atoms with E-state index in [9.17, 15) is 13.2 Å². The molecule has 1 heterocycles. The van der Waals surface area contributed by atoms with E-state index in [1.165, 1.54) is 27.3 Å². The van der Waals surface area contributed by atoms with Gasteiger partial charge in [-0.25, -0.2) is 13.2 Å². The summed E-state index contributed by atoms with van der Waals surface area (Å²) >= 11 is 0. The van der Waals surface area contributed by atoms with Crippen LogP contribution in [0.1, 0.15) is 11.1 Å². The van der Waals surface area contributed by atoms with Crippen molar-refractivity contribution >= 4 is 27.3 Å². The van der Waals surface area contributed by atoms with Gasteiger partial charge in [0.2, 0.25) is 0 Å². The summed E-state index contributed by atoms with van der Waals surface area (Å²) in [5.74, 6) is -0.113. The molecule has 25 heavy (non-hydrogen) atoms. The molecule has 0 unspecified atom stereocenters. The number of rotatable bonds is 3. The van der Waals surface area contributed by atoms with E-state index in [4.69, 9.17) is 9.47 Å². The smallest absolute Gasteiger partial charge is 0.340 e. The summed E-state index contributed by atoms with van der Waals surface area (Å²) in [5, 5.41) is 0. The third-order valence-corrected chi connectivity index (χ3v) is 5.90. The number of fused-ring (bicyclic) bond motifs is 1. The first kappa shape index (κ1) is 17.0. The van der Waals surface area contributed by atoms with Crippen LogP contribution in [0.4, 0.5) is 0 Å². The normalized spacial score (nSPS) is 17.0. The van der Waals surface area contributed by atoms with Crippen LogP contribution in [-0.4, -0.2) is 40.0 Å². The summed E-state index contributed by atoms with van der Waals surface area (Å²) in [6, 6.07) is 13.5. The number of carbonyl (C=O) groups is 1. The fourth-order valence-electron chi connectivity index (χ4n) is 2.83. The monoisotopic (exact) mass is 359 g/mol. The van der Waals surface area contributed by atoms with Gasteiger partial charge in [-0.1, -0.05) is 30.3 Å². The molecule has 7 heteroatoms. The van der Waals surface area contributed by atoms with Gasteiger partial charge in [0, 0.05) is 12.6 Å². The largest absolute Gasteiger partial charge is 0.497 e. The van der Waals surface area contributed by atoms with Gasteiger partial charge in [-0.05, 0) is 23.8 Å². The molecule has 6 nitrogen and oxygen atoms in total. The van der Waals surface area contributed by atoms with Crippen molar-refractivity contribution < 1.29 is 22.7 Å². The molecule has 1 aliphatic heterocycles. The number of carbonyl (C=O) groups excluding carboxylic acids is 1. The van der Waals surface area contributed by atoms with Crippen molar-refractivity contribution in [1.29, 1.82) is 0 Å². The second-order valence-corrected chi connectivity index (χ2v) is 7.35. The number of benzene rings is 2. The average molecular weight is 359 g/mol. The number of methoxy groups -OCH3 is 2. The molecule has 0 bridgehead atoms. The van der Waals surface area contributed by atoms with Crippen molar-refractivity contribution in [3.05, 3.63) is 59.7 Å². The summed E-state index contributed by atoms with van der Waals surface area (Å²) < 4.78 is 36.7. The molecule has 1 aliphatic rings. The van der Waals surface area contributed by atoms with Crippen molar-refractivity contribution in [3.8, 4) is 5.75 Å². The minimum atomic E-state index is -3.74. The van der Waals surface area contributed by atoms with Crippen LogP contribution in [0, 0.1) is 0 Å². The molecule has 0 saturated heterocycles. The molecule has 0 spiro atoms. The molecule has 130 valence electrons. The van der Waals surface area contributed by atoms with Crippen molar-refractivity contribution in [2.75, 3.05) is 21.3 Å². The van der Waals surface area contributed by atoms with Crippen LogP contribution in [0.5, 0.6) is 5.75 Å². The molecule has 0 N–H and O–H groups in total. The van der Waals surface area contributed by atoms with E-state index >= 15 is 0 Å². The second kappa shape index (κ2) is 6.25. The first-order chi connectivity index (χ1) is 11.9. The Balaban J connectivity index is 2.41. The lowest BCUT2D eigenvalue weighted by molar-refractivity contribution is -0.133. The van der Waals surface area contributed by atoms with Crippen LogP contribution in [0.15, 0.2) is 53.4 Å². The van der Waals surface area contributed by atoms with Gasteiger partial charge in [-0.2, -0.15) is 0 Å². The van der Waals surface area contributed by atoms with Crippen LogP contribution in [0.25, 0.3) is 11.3 Å². The number of hydrogen-bond donors (Lipinski definition) is 0. The van der Waals surface area contributed by atoms with E-state index in [0.29, 0.717) is 16.9 Å². The lowest BCUT2D eigenvalue weighted by atomic mass is 9.99. The van der Waals surface area contributed by atoms with E-state index in [-0.39, 0.29) is 16.2 Å². The van der Waals surface area contributed by atoms with E-state index in [0.717, 1.165) is 4.31 Å². The molecule has 0 aromatic heterocycles. The minimum absolute atomic E-state index is 0.128. The second-order valence-electron chi connectivity index (χ2n) is 5.42. The Morgan fingerprint density at radius 3 is 2.32 bits per heavy atom. The van der Waals surface area contributed by atoms with Crippen molar-refractivity contribution in [1.82, 2.24) is 4.31 Å². The third kappa shape index (κ3) is 2.66. The predicted molar refractivity (Wildman–Crippen MR) is 93.2 cm³/mol. The number of nitrogens with zero attached hydrogens (tertiary/aromatic N) is 1. The molecule has 0 amide bonds. The van der Waals surface area contributed by atoms with Crippen molar-refractivity contribution in [3.63, 3.8) is 0 Å². The molecule has 0 radical (unpaired) electrons. The van der Waals surface area contributed by atoms with Crippen LogP contribution in [0.2, 0.25) is 0 Å². The maximum atomic E-state index is 12.7.